The van der Waals surface area contributed by atoms with Crippen LogP contribution >= 0.6 is 27.3 Å². The molecule has 0 atom stereocenters. The Morgan fingerprint density at radius 1 is 1.47 bits per heavy atom. The van der Waals surface area contributed by atoms with Crippen molar-refractivity contribution >= 4 is 39.0 Å². The lowest BCUT2D eigenvalue weighted by atomic mass is 10.4. The summed E-state index contributed by atoms with van der Waals surface area (Å²) in [4.78, 5) is 19.5. The second-order valence-electron chi connectivity index (χ2n) is 2.67. The van der Waals surface area contributed by atoms with Crippen LogP contribution in [-0.2, 0) is 0 Å². The normalized spacial score (nSPS) is 9.93. The van der Waals surface area contributed by atoms with Crippen molar-refractivity contribution < 1.29 is 4.79 Å². The number of carbonyl (C=O) groups excluding carboxylic acids is 1. The molecule has 76 valence electrons. The van der Waals surface area contributed by atoms with Crippen LogP contribution in [0.25, 0.3) is 0 Å². The minimum Gasteiger partial charge on any atom is -0.305 e. The molecule has 2 aromatic heterocycles. The molecule has 0 radical (unpaired) electrons. The summed E-state index contributed by atoms with van der Waals surface area (Å²) in [6.07, 6.45) is 0. The summed E-state index contributed by atoms with van der Waals surface area (Å²) in [5, 5.41) is 4.34. The van der Waals surface area contributed by atoms with E-state index in [2.05, 4.69) is 31.2 Å². The number of amides is 1. The zero-order valence-corrected chi connectivity index (χ0v) is 9.88. The van der Waals surface area contributed by atoms with Crippen molar-refractivity contribution in [2.75, 3.05) is 5.32 Å². The summed E-state index contributed by atoms with van der Waals surface area (Å²) in [5.74, 6) is 0.254. The summed E-state index contributed by atoms with van der Waals surface area (Å²) < 4.78 is 0.679. The SMILES string of the molecule is O=C(Nc1cccc(Br)n1)c1cscn1. The number of hydrogen-bond acceptors (Lipinski definition) is 4. The summed E-state index contributed by atoms with van der Waals surface area (Å²) in [6, 6.07) is 5.31. The summed E-state index contributed by atoms with van der Waals surface area (Å²) in [7, 11) is 0. The van der Waals surface area contributed by atoms with Gasteiger partial charge in [0, 0.05) is 5.38 Å². The Morgan fingerprint density at radius 3 is 3.00 bits per heavy atom. The molecule has 15 heavy (non-hydrogen) atoms. The van der Waals surface area contributed by atoms with Crippen molar-refractivity contribution in [1.29, 1.82) is 0 Å². The maximum Gasteiger partial charge on any atom is 0.276 e. The third kappa shape index (κ3) is 2.60. The largest absolute Gasteiger partial charge is 0.305 e. The minimum atomic E-state index is -0.248. The fraction of sp³-hybridized carbons (Fsp3) is 0. The van der Waals surface area contributed by atoms with Crippen molar-refractivity contribution in [2.45, 2.75) is 0 Å². The van der Waals surface area contributed by atoms with Crippen LogP contribution in [0.3, 0.4) is 0 Å². The van der Waals surface area contributed by atoms with Crippen LogP contribution in [0.15, 0.2) is 33.7 Å². The average Bonchev–Trinajstić information content (AvgIpc) is 2.70. The van der Waals surface area contributed by atoms with E-state index < -0.39 is 0 Å². The molecule has 0 aliphatic rings. The summed E-state index contributed by atoms with van der Waals surface area (Å²) >= 11 is 4.60. The molecule has 0 spiro atoms. The molecule has 2 rings (SSSR count). The van der Waals surface area contributed by atoms with Crippen molar-refractivity contribution in [1.82, 2.24) is 9.97 Å². The molecule has 6 heteroatoms. The number of carbonyl (C=O) groups is 1. The van der Waals surface area contributed by atoms with Crippen LogP contribution in [0.2, 0.25) is 0 Å². The van der Waals surface area contributed by atoms with Gasteiger partial charge < -0.3 is 5.32 Å². The van der Waals surface area contributed by atoms with Gasteiger partial charge in [-0.2, -0.15) is 0 Å². The number of anilines is 1. The van der Waals surface area contributed by atoms with Gasteiger partial charge in [0.2, 0.25) is 0 Å². The summed E-state index contributed by atoms with van der Waals surface area (Å²) in [6.45, 7) is 0. The van der Waals surface area contributed by atoms with Crippen LogP contribution in [0.4, 0.5) is 5.82 Å². The molecule has 0 unspecified atom stereocenters. The Hall–Kier alpha value is -1.27. The van der Waals surface area contributed by atoms with E-state index in [0.717, 1.165) is 0 Å². The molecule has 0 aromatic carbocycles. The first-order chi connectivity index (χ1) is 7.25. The highest BCUT2D eigenvalue weighted by molar-refractivity contribution is 9.10. The smallest absolute Gasteiger partial charge is 0.276 e. The van der Waals surface area contributed by atoms with Crippen LogP contribution in [0, 0.1) is 0 Å². The second-order valence-corrected chi connectivity index (χ2v) is 4.20. The highest BCUT2D eigenvalue weighted by Gasteiger charge is 2.08. The van der Waals surface area contributed by atoms with E-state index in [1.54, 1.807) is 29.1 Å². The van der Waals surface area contributed by atoms with Crippen LogP contribution < -0.4 is 5.32 Å². The summed E-state index contributed by atoms with van der Waals surface area (Å²) in [5.41, 5.74) is 2.02. The number of halogens is 1. The number of aromatic nitrogens is 2. The van der Waals surface area contributed by atoms with Crippen molar-refractivity contribution in [3.8, 4) is 0 Å². The molecule has 1 amide bonds. The Morgan fingerprint density at radius 2 is 2.33 bits per heavy atom. The topological polar surface area (TPSA) is 54.9 Å². The lowest BCUT2D eigenvalue weighted by molar-refractivity contribution is 0.102. The Balaban J connectivity index is 2.13. The van der Waals surface area contributed by atoms with Crippen LogP contribution in [0.5, 0.6) is 0 Å². The minimum absolute atomic E-state index is 0.248. The number of thiazole rings is 1. The molecule has 1 N–H and O–H groups in total. The predicted molar refractivity (Wildman–Crippen MR) is 62.0 cm³/mol. The molecule has 0 aliphatic carbocycles. The first kappa shape index (κ1) is 10.3. The average molecular weight is 284 g/mol. The number of pyridine rings is 1. The van der Waals surface area contributed by atoms with E-state index in [-0.39, 0.29) is 5.91 Å². The van der Waals surface area contributed by atoms with Gasteiger partial charge in [0.25, 0.3) is 5.91 Å². The van der Waals surface area contributed by atoms with Gasteiger partial charge in [-0.05, 0) is 28.1 Å². The van der Waals surface area contributed by atoms with Crippen molar-refractivity contribution in [3.63, 3.8) is 0 Å². The number of nitrogens with zero attached hydrogens (tertiary/aromatic N) is 2. The van der Waals surface area contributed by atoms with Gasteiger partial charge >= 0.3 is 0 Å². The zero-order valence-electron chi connectivity index (χ0n) is 7.48. The zero-order chi connectivity index (χ0) is 10.7. The fourth-order valence-corrected chi connectivity index (χ4v) is 1.86. The molecule has 0 fully saturated rings. The van der Waals surface area contributed by atoms with Crippen LogP contribution in [-0.4, -0.2) is 15.9 Å². The molecule has 4 nitrogen and oxygen atoms in total. The Bertz CT molecular complexity index is 472. The van der Waals surface area contributed by atoms with E-state index >= 15 is 0 Å². The second kappa shape index (κ2) is 4.50. The maximum absolute atomic E-state index is 11.6. The molecule has 0 saturated carbocycles. The lowest BCUT2D eigenvalue weighted by Gasteiger charge is -2.01. The third-order valence-electron chi connectivity index (χ3n) is 1.62. The van der Waals surface area contributed by atoms with Gasteiger partial charge in [-0.1, -0.05) is 6.07 Å². The highest BCUT2D eigenvalue weighted by Crippen LogP contribution is 2.11. The van der Waals surface area contributed by atoms with Crippen molar-refractivity contribution in [2.24, 2.45) is 0 Å². The molecular formula is C9H6BrN3OS. The Labute approximate surface area is 98.5 Å². The third-order valence-corrected chi connectivity index (χ3v) is 2.65. The molecular weight excluding hydrogens is 278 g/mol. The van der Waals surface area contributed by atoms with E-state index in [4.69, 9.17) is 0 Å². The van der Waals surface area contributed by atoms with Crippen molar-refractivity contribution in [3.05, 3.63) is 39.4 Å². The first-order valence-corrected chi connectivity index (χ1v) is 5.81. The van der Waals surface area contributed by atoms with Gasteiger partial charge in [0.05, 0.1) is 5.51 Å². The molecule has 0 aliphatic heterocycles. The standard InChI is InChI=1S/C9H6BrN3OS/c10-7-2-1-3-8(12-7)13-9(14)6-4-15-5-11-6/h1-5H,(H,12,13,14). The molecule has 2 heterocycles. The van der Waals surface area contributed by atoms with E-state index in [1.807, 2.05) is 0 Å². The van der Waals surface area contributed by atoms with Gasteiger partial charge in [-0.15, -0.1) is 11.3 Å². The van der Waals surface area contributed by atoms with Gasteiger partial charge in [0.1, 0.15) is 16.1 Å². The number of nitrogens with one attached hydrogen (secondary N) is 1. The fourth-order valence-electron chi connectivity index (χ4n) is 0.983. The quantitative estimate of drug-likeness (QED) is 0.862. The number of hydrogen-bond donors (Lipinski definition) is 1. The highest BCUT2D eigenvalue weighted by atomic mass is 79.9. The van der Waals surface area contributed by atoms with Gasteiger partial charge in [0.15, 0.2) is 0 Å². The van der Waals surface area contributed by atoms with Gasteiger partial charge in [-0.3, -0.25) is 4.79 Å². The predicted octanol–water partition coefficient (Wildman–Crippen LogP) is 2.55. The van der Waals surface area contributed by atoms with Gasteiger partial charge in [-0.25, -0.2) is 9.97 Å². The monoisotopic (exact) mass is 283 g/mol. The van der Waals surface area contributed by atoms with E-state index in [0.29, 0.717) is 16.1 Å². The molecule has 2 aromatic rings. The Kier molecular flexibility index (Phi) is 3.08. The molecule has 0 bridgehead atoms. The number of rotatable bonds is 2. The lowest BCUT2D eigenvalue weighted by Crippen LogP contribution is -2.13. The maximum atomic E-state index is 11.6. The molecule has 0 saturated heterocycles. The van der Waals surface area contributed by atoms with E-state index in [1.165, 1.54) is 11.3 Å². The van der Waals surface area contributed by atoms with Crippen LogP contribution in [0.1, 0.15) is 10.5 Å². The van der Waals surface area contributed by atoms with E-state index in [9.17, 15) is 4.79 Å². The first-order valence-electron chi connectivity index (χ1n) is 4.08.